The van der Waals surface area contributed by atoms with Crippen molar-refractivity contribution < 1.29 is 14.2 Å². The van der Waals surface area contributed by atoms with Crippen LogP contribution in [0.5, 0.6) is 0 Å². The van der Waals surface area contributed by atoms with E-state index in [2.05, 4.69) is 10.1 Å². The second-order valence-corrected chi connectivity index (χ2v) is 4.75. The number of Topliss-reactive ketones (excluding diaryl/α,β-unsaturated/α-hetero) is 1. The second-order valence-electron chi connectivity index (χ2n) is 4.75. The highest BCUT2D eigenvalue weighted by molar-refractivity contribution is 5.97. The molecule has 7 heteroatoms. The van der Waals surface area contributed by atoms with Gasteiger partial charge in [-0.05, 0) is 6.07 Å². The average Bonchev–Trinajstić information content (AvgIpc) is 3.04. The molecule has 0 saturated carbocycles. The van der Waals surface area contributed by atoms with Gasteiger partial charge in [-0.1, -0.05) is 47.6 Å². The number of carbonyl (C=O) groups is 1. The highest BCUT2D eigenvalue weighted by Gasteiger charge is 2.20. The van der Waals surface area contributed by atoms with Crippen molar-refractivity contribution in [1.82, 2.24) is 10.1 Å². The van der Waals surface area contributed by atoms with Crippen LogP contribution in [0, 0.1) is 10.1 Å². The summed E-state index contributed by atoms with van der Waals surface area (Å²) in [7, 11) is 0. The summed E-state index contributed by atoms with van der Waals surface area (Å²) in [6.07, 6.45) is -0.0579. The molecule has 0 aliphatic rings. The van der Waals surface area contributed by atoms with Gasteiger partial charge in [0.15, 0.2) is 5.78 Å². The van der Waals surface area contributed by atoms with E-state index in [1.807, 2.05) is 6.07 Å². The quantitative estimate of drug-likeness (QED) is 0.408. The first kappa shape index (κ1) is 14.6. The van der Waals surface area contributed by atoms with E-state index in [-0.39, 0.29) is 35.2 Å². The zero-order valence-corrected chi connectivity index (χ0v) is 11.9. The minimum Gasteiger partial charge on any atom is -0.338 e. The number of hydrogen-bond acceptors (Lipinski definition) is 6. The highest BCUT2D eigenvalue weighted by atomic mass is 16.6. The van der Waals surface area contributed by atoms with Crippen LogP contribution in [0.2, 0.25) is 0 Å². The third-order valence-corrected chi connectivity index (χ3v) is 3.22. The number of nitro benzene ring substituents is 1. The maximum absolute atomic E-state index is 12.1. The Morgan fingerprint density at radius 1 is 1.09 bits per heavy atom. The van der Waals surface area contributed by atoms with E-state index in [1.165, 1.54) is 12.1 Å². The molecule has 0 aliphatic heterocycles. The Kier molecular flexibility index (Phi) is 3.92. The number of para-hydroxylation sites is 1. The van der Waals surface area contributed by atoms with Crippen molar-refractivity contribution in [3.05, 3.63) is 76.2 Å². The topological polar surface area (TPSA) is 99.1 Å². The first-order valence-electron chi connectivity index (χ1n) is 6.80. The summed E-state index contributed by atoms with van der Waals surface area (Å²) in [5, 5.41) is 14.8. The Morgan fingerprint density at radius 2 is 1.78 bits per heavy atom. The molecule has 0 bridgehead atoms. The predicted octanol–water partition coefficient (Wildman–Crippen LogP) is 3.07. The maximum atomic E-state index is 12.1. The van der Waals surface area contributed by atoms with Crippen LogP contribution < -0.4 is 0 Å². The van der Waals surface area contributed by atoms with E-state index in [0.29, 0.717) is 5.56 Å². The van der Waals surface area contributed by atoms with Gasteiger partial charge in [0.25, 0.3) is 5.69 Å². The molecule has 0 spiro atoms. The van der Waals surface area contributed by atoms with Gasteiger partial charge in [-0.25, -0.2) is 0 Å². The fourth-order valence-corrected chi connectivity index (χ4v) is 2.12. The van der Waals surface area contributed by atoms with Crippen molar-refractivity contribution >= 4 is 11.5 Å². The lowest BCUT2D eigenvalue weighted by atomic mass is 10.1. The molecule has 0 aliphatic carbocycles. The van der Waals surface area contributed by atoms with Gasteiger partial charge in [0, 0.05) is 11.6 Å². The number of aromatic nitrogens is 2. The highest BCUT2D eigenvalue weighted by Crippen LogP contribution is 2.27. The lowest BCUT2D eigenvalue weighted by Crippen LogP contribution is -2.03. The molecule has 7 nitrogen and oxygen atoms in total. The largest absolute Gasteiger partial charge is 0.338 e. The number of carbonyl (C=O) groups excluding carboxylic acids is 1. The summed E-state index contributed by atoms with van der Waals surface area (Å²) in [6.45, 7) is 0. The van der Waals surface area contributed by atoms with E-state index >= 15 is 0 Å². The Balaban J connectivity index is 1.84. The lowest BCUT2D eigenvalue weighted by molar-refractivity contribution is -0.384. The molecule has 0 fully saturated rings. The summed E-state index contributed by atoms with van der Waals surface area (Å²) in [5.74, 6) is 0.0449. The number of ketones is 1. The zero-order chi connectivity index (χ0) is 16.2. The number of nitro groups is 1. The molecule has 3 rings (SSSR count). The van der Waals surface area contributed by atoms with Gasteiger partial charge in [0.05, 0.1) is 11.3 Å². The molecule has 114 valence electrons. The van der Waals surface area contributed by atoms with E-state index in [1.54, 1.807) is 36.4 Å². The third-order valence-electron chi connectivity index (χ3n) is 3.22. The Bertz CT molecular complexity index is 859. The van der Waals surface area contributed by atoms with Gasteiger partial charge in [0.1, 0.15) is 5.56 Å². The van der Waals surface area contributed by atoms with Crippen molar-refractivity contribution in [2.45, 2.75) is 6.42 Å². The summed E-state index contributed by atoms with van der Waals surface area (Å²) >= 11 is 0. The molecule has 0 unspecified atom stereocenters. The van der Waals surface area contributed by atoms with Gasteiger partial charge in [-0.2, -0.15) is 4.98 Å². The Hall–Kier alpha value is -3.35. The van der Waals surface area contributed by atoms with Crippen molar-refractivity contribution in [3.8, 4) is 11.4 Å². The molecule has 1 heterocycles. The SMILES string of the molecule is O=C(Cc1nc(-c2ccccc2[N+](=O)[O-])no1)c1ccccc1. The molecular formula is C16H11N3O4. The molecule has 0 atom stereocenters. The molecule has 1 aromatic heterocycles. The standard InChI is InChI=1S/C16H11N3O4/c20-14(11-6-2-1-3-7-11)10-15-17-16(18-23-15)12-8-4-5-9-13(12)19(21)22/h1-9H,10H2. The summed E-state index contributed by atoms with van der Waals surface area (Å²) in [6, 6.07) is 14.8. The van der Waals surface area contributed by atoms with Crippen molar-refractivity contribution in [1.29, 1.82) is 0 Å². The van der Waals surface area contributed by atoms with E-state index < -0.39 is 4.92 Å². The Morgan fingerprint density at radius 3 is 2.52 bits per heavy atom. The predicted molar refractivity (Wildman–Crippen MR) is 80.9 cm³/mol. The average molecular weight is 309 g/mol. The number of nitrogens with zero attached hydrogens (tertiary/aromatic N) is 3. The van der Waals surface area contributed by atoms with E-state index in [9.17, 15) is 14.9 Å². The molecule has 3 aromatic rings. The fourth-order valence-electron chi connectivity index (χ4n) is 2.12. The van der Waals surface area contributed by atoms with E-state index in [0.717, 1.165) is 0 Å². The summed E-state index contributed by atoms with van der Waals surface area (Å²) < 4.78 is 5.04. The molecule has 0 radical (unpaired) electrons. The molecule has 0 amide bonds. The molecular weight excluding hydrogens is 298 g/mol. The van der Waals surface area contributed by atoms with Crippen LogP contribution in [0.4, 0.5) is 5.69 Å². The molecule has 0 saturated heterocycles. The Labute approximate surface area is 130 Å². The van der Waals surface area contributed by atoms with Gasteiger partial charge in [0.2, 0.25) is 11.7 Å². The molecule has 0 N–H and O–H groups in total. The molecule has 23 heavy (non-hydrogen) atoms. The summed E-state index contributed by atoms with van der Waals surface area (Å²) in [5.41, 5.74) is 0.673. The van der Waals surface area contributed by atoms with Crippen molar-refractivity contribution in [2.75, 3.05) is 0 Å². The summed E-state index contributed by atoms with van der Waals surface area (Å²) in [4.78, 5) is 26.7. The van der Waals surface area contributed by atoms with Crippen LogP contribution in [0.25, 0.3) is 11.4 Å². The monoisotopic (exact) mass is 309 g/mol. The van der Waals surface area contributed by atoms with Gasteiger partial charge < -0.3 is 4.52 Å². The number of rotatable bonds is 5. The van der Waals surface area contributed by atoms with Crippen LogP contribution in [-0.2, 0) is 6.42 Å². The minimum atomic E-state index is -0.513. The van der Waals surface area contributed by atoms with Crippen molar-refractivity contribution in [3.63, 3.8) is 0 Å². The van der Waals surface area contributed by atoms with Gasteiger partial charge >= 0.3 is 0 Å². The van der Waals surface area contributed by atoms with Crippen LogP contribution in [0.15, 0.2) is 59.1 Å². The zero-order valence-electron chi connectivity index (χ0n) is 11.9. The lowest BCUT2D eigenvalue weighted by Gasteiger charge is -1.97. The fraction of sp³-hybridized carbons (Fsp3) is 0.0625. The third kappa shape index (κ3) is 3.13. The van der Waals surface area contributed by atoms with Crippen LogP contribution >= 0.6 is 0 Å². The first-order valence-corrected chi connectivity index (χ1v) is 6.80. The normalized spacial score (nSPS) is 10.4. The number of benzene rings is 2. The van der Waals surface area contributed by atoms with E-state index in [4.69, 9.17) is 4.52 Å². The van der Waals surface area contributed by atoms with Crippen LogP contribution in [0.1, 0.15) is 16.2 Å². The van der Waals surface area contributed by atoms with Crippen molar-refractivity contribution in [2.24, 2.45) is 0 Å². The minimum absolute atomic E-state index is 0.0579. The van der Waals surface area contributed by atoms with Gasteiger partial charge in [-0.15, -0.1) is 0 Å². The van der Waals surface area contributed by atoms with Gasteiger partial charge in [-0.3, -0.25) is 14.9 Å². The molecule has 2 aromatic carbocycles. The smallest absolute Gasteiger partial charge is 0.280 e. The van der Waals surface area contributed by atoms with Crippen LogP contribution in [0.3, 0.4) is 0 Å². The first-order chi connectivity index (χ1) is 11.1. The number of hydrogen-bond donors (Lipinski definition) is 0. The second kappa shape index (κ2) is 6.18. The maximum Gasteiger partial charge on any atom is 0.280 e. The van der Waals surface area contributed by atoms with Crippen LogP contribution in [-0.4, -0.2) is 20.8 Å².